The number of aromatic nitrogens is 4. The minimum Gasteiger partial charge on any atom is -0.338 e. The standard InChI is InChI=1S/C21H27N5O/c1-16(2)20-23-19(27-24-20)15-25-11-6-9-18(14-25)21-22-10-12-26(21)13-17-7-4-3-5-8-17/h3-5,7-8,10,12,16,18H,6,9,11,13-15H2,1-2H3/t18-/m1/s1. The molecule has 0 bridgehead atoms. The van der Waals surface area contributed by atoms with Crippen LogP contribution in [0.4, 0.5) is 0 Å². The van der Waals surface area contributed by atoms with Crippen LogP contribution in [0.5, 0.6) is 0 Å². The fourth-order valence-electron chi connectivity index (χ4n) is 3.76. The molecule has 3 heterocycles. The zero-order valence-electron chi connectivity index (χ0n) is 16.1. The second-order valence-electron chi connectivity index (χ2n) is 7.67. The first-order chi connectivity index (χ1) is 13.2. The van der Waals surface area contributed by atoms with Gasteiger partial charge in [0.2, 0.25) is 5.89 Å². The molecule has 0 aliphatic carbocycles. The lowest BCUT2D eigenvalue weighted by atomic mass is 9.97. The van der Waals surface area contributed by atoms with Crippen LogP contribution < -0.4 is 0 Å². The lowest BCUT2D eigenvalue weighted by Crippen LogP contribution is -2.35. The highest BCUT2D eigenvalue weighted by molar-refractivity contribution is 5.16. The van der Waals surface area contributed by atoms with Crippen molar-refractivity contribution in [3.63, 3.8) is 0 Å². The van der Waals surface area contributed by atoms with E-state index in [1.807, 2.05) is 6.20 Å². The molecule has 27 heavy (non-hydrogen) atoms. The topological polar surface area (TPSA) is 60.0 Å². The maximum Gasteiger partial charge on any atom is 0.240 e. The molecule has 3 aromatic rings. The van der Waals surface area contributed by atoms with E-state index in [4.69, 9.17) is 4.52 Å². The molecule has 1 atom stereocenters. The molecular formula is C21H27N5O. The van der Waals surface area contributed by atoms with Crippen molar-refractivity contribution in [1.29, 1.82) is 0 Å². The monoisotopic (exact) mass is 365 g/mol. The molecule has 0 radical (unpaired) electrons. The smallest absolute Gasteiger partial charge is 0.240 e. The molecule has 4 rings (SSSR count). The second kappa shape index (κ2) is 8.05. The maximum atomic E-state index is 5.43. The van der Waals surface area contributed by atoms with E-state index in [9.17, 15) is 0 Å². The Morgan fingerprint density at radius 3 is 2.81 bits per heavy atom. The van der Waals surface area contributed by atoms with Crippen LogP contribution in [0.3, 0.4) is 0 Å². The number of nitrogens with zero attached hydrogens (tertiary/aromatic N) is 5. The third-order valence-electron chi connectivity index (χ3n) is 5.17. The Labute approximate surface area is 160 Å². The average molecular weight is 365 g/mol. The number of likely N-dealkylation sites (tertiary alicyclic amines) is 1. The lowest BCUT2D eigenvalue weighted by Gasteiger charge is -2.31. The van der Waals surface area contributed by atoms with Crippen molar-refractivity contribution in [2.24, 2.45) is 0 Å². The van der Waals surface area contributed by atoms with Crippen molar-refractivity contribution in [1.82, 2.24) is 24.6 Å². The molecule has 142 valence electrons. The van der Waals surface area contributed by atoms with Gasteiger partial charge in [-0.1, -0.05) is 49.3 Å². The summed E-state index contributed by atoms with van der Waals surface area (Å²) < 4.78 is 7.72. The van der Waals surface area contributed by atoms with Gasteiger partial charge in [0.05, 0.1) is 6.54 Å². The van der Waals surface area contributed by atoms with Gasteiger partial charge >= 0.3 is 0 Å². The van der Waals surface area contributed by atoms with Crippen molar-refractivity contribution < 1.29 is 4.52 Å². The molecule has 1 aliphatic heterocycles. The Hall–Kier alpha value is -2.47. The molecule has 2 aromatic heterocycles. The van der Waals surface area contributed by atoms with Crippen molar-refractivity contribution in [3.8, 4) is 0 Å². The molecule has 0 amide bonds. The number of piperidine rings is 1. The Balaban J connectivity index is 1.43. The van der Waals surface area contributed by atoms with Gasteiger partial charge in [0.1, 0.15) is 5.82 Å². The summed E-state index contributed by atoms with van der Waals surface area (Å²) in [6.07, 6.45) is 6.34. The van der Waals surface area contributed by atoms with Crippen molar-refractivity contribution in [2.75, 3.05) is 13.1 Å². The molecular weight excluding hydrogens is 338 g/mol. The van der Waals surface area contributed by atoms with Gasteiger partial charge in [0, 0.05) is 37.3 Å². The minimum absolute atomic E-state index is 0.294. The fraction of sp³-hybridized carbons (Fsp3) is 0.476. The SMILES string of the molecule is CC(C)c1noc(CN2CCC[C@@H](c3nccn3Cc3ccccc3)C2)n1. The molecule has 0 saturated carbocycles. The van der Waals surface area contributed by atoms with Gasteiger partial charge in [-0.25, -0.2) is 4.98 Å². The molecule has 6 heteroatoms. The van der Waals surface area contributed by atoms with E-state index in [0.29, 0.717) is 17.7 Å². The van der Waals surface area contributed by atoms with Crippen LogP contribution in [0.25, 0.3) is 0 Å². The van der Waals surface area contributed by atoms with Crippen LogP contribution in [-0.4, -0.2) is 37.7 Å². The van der Waals surface area contributed by atoms with E-state index < -0.39 is 0 Å². The molecule has 0 unspecified atom stereocenters. The number of rotatable bonds is 6. The summed E-state index contributed by atoms with van der Waals surface area (Å²) in [7, 11) is 0. The Bertz CT molecular complexity index is 854. The normalized spacial score (nSPS) is 18.3. The summed E-state index contributed by atoms with van der Waals surface area (Å²) in [5.41, 5.74) is 1.30. The minimum atomic E-state index is 0.294. The van der Waals surface area contributed by atoms with Crippen molar-refractivity contribution in [3.05, 3.63) is 65.8 Å². The number of imidazole rings is 1. The summed E-state index contributed by atoms with van der Waals surface area (Å²) in [6.45, 7) is 7.79. The summed E-state index contributed by atoms with van der Waals surface area (Å²) in [4.78, 5) is 11.6. The van der Waals surface area contributed by atoms with Crippen LogP contribution in [0.1, 0.15) is 61.6 Å². The zero-order chi connectivity index (χ0) is 18.6. The van der Waals surface area contributed by atoms with Gasteiger partial charge in [-0.05, 0) is 24.9 Å². The predicted octanol–water partition coefficient (Wildman–Crippen LogP) is 3.82. The maximum absolute atomic E-state index is 5.43. The molecule has 1 fully saturated rings. The van der Waals surface area contributed by atoms with Crippen molar-refractivity contribution in [2.45, 2.75) is 51.6 Å². The second-order valence-corrected chi connectivity index (χ2v) is 7.67. The summed E-state index contributed by atoms with van der Waals surface area (Å²) in [5, 5.41) is 4.08. The zero-order valence-corrected chi connectivity index (χ0v) is 16.1. The molecule has 1 saturated heterocycles. The van der Waals surface area contributed by atoms with E-state index in [2.05, 4.69) is 75.0 Å². The average Bonchev–Trinajstić information content (AvgIpc) is 3.32. The van der Waals surface area contributed by atoms with Crippen LogP contribution >= 0.6 is 0 Å². The Morgan fingerprint density at radius 1 is 1.19 bits per heavy atom. The van der Waals surface area contributed by atoms with E-state index in [1.165, 1.54) is 17.8 Å². The van der Waals surface area contributed by atoms with E-state index in [-0.39, 0.29) is 0 Å². The van der Waals surface area contributed by atoms with E-state index in [0.717, 1.165) is 38.4 Å². The number of hydrogen-bond acceptors (Lipinski definition) is 5. The summed E-state index contributed by atoms with van der Waals surface area (Å²) in [5.74, 6) is 3.41. The van der Waals surface area contributed by atoms with E-state index >= 15 is 0 Å². The number of benzene rings is 1. The van der Waals surface area contributed by atoms with Crippen LogP contribution in [0, 0.1) is 0 Å². The molecule has 0 N–H and O–H groups in total. The van der Waals surface area contributed by atoms with Gasteiger partial charge < -0.3 is 9.09 Å². The quantitative estimate of drug-likeness (QED) is 0.665. The van der Waals surface area contributed by atoms with Gasteiger partial charge in [-0.2, -0.15) is 4.98 Å². The third-order valence-corrected chi connectivity index (χ3v) is 5.17. The summed E-state index contributed by atoms with van der Waals surface area (Å²) >= 11 is 0. The highest BCUT2D eigenvalue weighted by Gasteiger charge is 2.26. The highest BCUT2D eigenvalue weighted by atomic mass is 16.5. The van der Waals surface area contributed by atoms with Crippen LogP contribution in [0.2, 0.25) is 0 Å². The first kappa shape index (κ1) is 17.9. The molecule has 1 aromatic carbocycles. The lowest BCUT2D eigenvalue weighted by molar-refractivity contribution is 0.173. The molecule has 1 aliphatic rings. The largest absolute Gasteiger partial charge is 0.338 e. The third kappa shape index (κ3) is 4.27. The number of hydrogen-bond donors (Lipinski definition) is 0. The van der Waals surface area contributed by atoms with Crippen molar-refractivity contribution >= 4 is 0 Å². The van der Waals surface area contributed by atoms with Gasteiger partial charge in [0.15, 0.2) is 5.82 Å². The highest BCUT2D eigenvalue weighted by Crippen LogP contribution is 2.27. The van der Waals surface area contributed by atoms with E-state index in [1.54, 1.807) is 0 Å². The molecule has 6 nitrogen and oxygen atoms in total. The predicted molar refractivity (Wildman–Crippen MR) is 103 cm³/mol. The van der Waals surface area contributed by atoms with Crippen LogP contribution in [-0.2, 0) is 13.1 Å². The fourth-order valence-corrected chi connectivity index (χ4v) is 3.76. The first-order valence-electron chi connectivity index (χ1n) is 9.79. The van der Waals surface area contributed by atoms with Gasteiger partial charge in [-0.3, -0.25) is 4.90 Å². The molecule has 0 spiro atoms. The Morgan fingerprint density at radius 2 is 2.04 bits per heavy atom. The summed E-state index contributed by atoms with van der Waals surface area (Å²) in [6, 6.07) is 10.6. The van der Waals surface area contributed by atoms with Crippen LogP contribution in [0.15, 0.2) is 47.2 Å². The Kier molecular flexibility index (Phi) is 5.34. The first-order valence-corrected chi connectivity index (χ1v) is 9.79. The van der Waals surface area contributed by atoms with Gasteiger partial charge in [0.25, 0.3) is 0 Å². The van der Waals surface area contributed by atoms with Gasteiger partial charge in [-0.15, -0.1) is 0 Å².